The highest BCUT2D eigenvalue weighted by Crippen LogP contribution is 2.21. The van der Waals surface area contributed by atoms with Crippen LogP contribution in [0.4, 0.5) is 0 Å². The molecule has 0 aliphatic heterocycles. The van der Waals surface area contributed by atoms with Crippen molar-refractivity contribution in [3.63, 3.8) is 0 Å². The molecule has 3 nitrogen and oxygen atoms in total. The standard InChI is InChI=1S/C16H22ClNO2/c1-2-7-13-10-12(11-15(17)18-13)16(19)20-14-8-5-3-4-6-9-14/h10-11,14H,2-9H2,1H3. The largest absolute Gasteiger partial charge is 0.459 e. The molecule has 0 N–H and O–H groups in total. The van der Waals surface area contributed by atoms with E-state index in [2.05, 4.69) is 11.9 Å². The molecule has 20 heavy (non-hydrogen) atoms. The van der Waals surface area contributed by atoms with Crippen molar-refractivity contribution in [3.05, 3.63) is 28.5 Å². The van der Waals surface area contributed by atoms with Crippen LogP contribution in [0.3, 0.4) is 0 Å². The summed E-state index contributed by atoms with van der Waals surface area (Å²) in [6.07, 6.45) is 8.61. The Morgan fingerprint density at radius 3 is 2.65 bits per heavy atom. The predicted molar refractivity (Wildman–Crippen MR) is 80.1 cm³/mol. The lowest BCUT2D eigenvalue weighted by Crippen LogP contribution is -2.18. The smallest absolute Gasteiger partial charge is 0.338 e. The minimum absolute atomic E-state index is 0.0616. The van der Waals surface area contributed by atoms with E-state index in [1.807, 2.05) is 0 Å². The van der Waals surface area contributed by atoms with Gasteiger partial charge in [0.15, 0.2) is 0 Å². The van der Waals surface area contributed by atoms with Gasteiger partial charge in [0.05, 0.1) is 5.56 Å². The van der Waals surface area contributed by atoms with Gasteiger partial charge in [0.1, 0.15) is 11.3 Å². The Kier molecular flexibility index (Phi) is 5.84. The molecule has 4 heteroatoms. The van der Waals surface area contributed by atoms with E-state index in [1.165, 1.54) is 12.8 Å². The highest BCUT2D eigenvalue weighted by atomic mass is 35.5. The molecule has 0 saturated heterocycles. The summed E-state index contributed by atoms with van der Waals surface area (Å²) in [6, 6.07) is 3.40. The second kappa shape index (κ2) is 7.63. The first-order chi connectivity index (χ1) is 9.69. The number of esters is 1. The third kappa shape index (κ3) is 4.48. The van der Waals surface area contributed by atoms with E-state index < -0.39 is 0 Å². The fourth-order valence-corrected chi connectivity index (χ4v) is 2.86. The number of hydrogen-bond donors (Lipinski definition) is 0. The highest BCUT2D eigenvalue weighted by molar-refractivity contribution is 6.29. The van der Waals surface area contributed by atoms with Crippen LogP contribution in [0.1, 0.15) is 67.9 Å². The number of aromatic nitrogens is 1. The summed E-state index contributed by atoms with van der Waals surface area (Å²) in [7, 11) is 0. The maximum Gasteiger partial charge on any atom is 0.338 e. The molecule has 1 fully saturated rings. The molecule has 110 valence electrons. The number of carbonyl (C=O) groups excluding carboxylic acids is 1. The summed E-state index contributed by atoms with van der Waals surface area (Å²) in [6.45, 7) is 2.08. The molecule has 1 aromatic rings. The summed E-state index contributed by atoms with van der Waals surface area (Å²) in [5.41, 5.74) is 1.38. The first-order valence-corrected chi connectivity index (χ1v) is 7.94. The lowest BCUT2D eigenvalue weighted by atomic mass is 10.1. The van der Waals surface area contributed by atoms with Crippen molar-refractivity contribution in [2.45, 2.75) is 64.4 Å². The van der Waals surface area contributed by atoms with Gasteiger partial charge in [0, 0.05) is 5.69 Å². The summed E-state index contributed by atoms with van der Waals surface area (Å²) in [4.78, 5) is 16.5. The summed E-state index contributed by atoms with van der Waals surface area (Å²) in [5.74, 6) is -0.265. The predicted octanol–water partition coefficient (Wildman–Crippen LogP) is 4.57. The number of aryl methyl sites for hydroxylation is 1. The molecule has 0 radical (unpaired) electrons. The van der Waals surface area contributed by atoms with Gasteiger partial charge in [-0.25, -0.2) is 9.78 Å². The van der Waals surface area contributed by atoms with Crippen LogP contribution in [0.5, 0.6) is 0 Å². The van der Waals surface area contributed by atoms with E-state index in [4.69, 9.17) is 16.3 Å². The van der Waals surface area contributed by atoms with Crippen LogP contribution in [0.2, 0.25) is 5.15 Å². The highest BCUT2D eigenvalue weighted by Gasteiger charge is 2.18. The third-order valence-corrected chi connectivity index (χ3v) is 3.86. The minimum atomic E-state index is -0.265. The first-order valence-electron chi connectivity index (χ1n) is 7.56. The quantitative estimate of drug-likeness (QED) is 0.464. The molecule has 1 heterocycles. The normalized spacial score (nSPS) is 16.7. The van der Waals surface area contributed by atoms with Gasteiger partial charge in [-0.15, -0.1) is 0 Å². The first kappa shape index (κ1) is 15.3. The molecule has 0 unspecified atom stereocenters. The Labute approximate surface area is 125 Å². The van der Waals surface area contributed by atoms with Crippen LogP contribution < -0.4 is 0 Å². The van der Waals surface area contributed by atoms with Gasteiger partial charge in [0.25, 0.3) is 0 Å². The second-order valence-corrected chi connectivity index (χ2v) is 5.83. The molecule has 0 bridgehead atoms. The van der Waals surface area contributed by atoms with Crippen molar-refractivity contribution >= 4 is 17.6 Å². The zero-order valence-corrected chi connectivity index (χ0v) is 12.8. The van der Waals surface area contributed by atoms with Gasteiger partial charge in [-0.05, 0) is 44.2 Å². The molecule has 0 aromatic carbocycles. The van der Waals surface area contributed by atoms with Crippen LogP contribution in [0.25, 0.3) is 0 Å². The lowest BCUT2D eigenvalue weighted by Gasteiger charge is -2.15. The Morgan fingerprint density at radius 2 is 2.00 bits per heavy atom. The van der Waals surface area contributed by atoms with Crippen LogP contribution in [-0.4, -0.2) is 17.1 Å². The molecule has 0 spiro atoms. The van der Waals surface area contributed by atoms with Crippen LogP contribution in [0.15, 0.2) is 12.1 Å². The number of halogens is 1. The van der Waals surface area contributed by atoms with Crippen molar-refractivity contribution in [1.82, 2.24) is 4.98 Å². The zero-order chi connectivity index (χ0) is 14.4. The third-order valence-electron chi connectivity index (χ3n) is 3.66. The van der Waals surface area contributed by atoms with E-state index in [1.54, 1.807) is 12.1 Å². The van der Waals surface area contributed by atoms with Gasteiger partial charge in [0.2, 0.25) is 0 Å². The average molecular weight is 296 g/mol. The van der Waals surface area contributed by atoms with Gasteiger partial charge in [-0.3, -0.25) is 0 Å². The van der Waals surface area contributed by atoms with Crippen LogP contribution in [0, 0.1) is 0 Å². The number of ether oxygens (including phenoxy) is 1. The van der Waals surface area contributed by atoms with E-state index in [0.29, 0.717) is 10.7 Å². The number of nitrogens with zero attached hydrogens (tertiary/aromatic N) is 1. The maximum absolute atomic E-state index is 12.2. The topological polar surface area (TPSA) is 39.2 Å². The Bertz CT molecular complexity index is 454. The zero-order valence-electron chi connectivity index (χ0n) is 12.0. The number of rotatable bonds is 4. The molecule has 1 aliphatic rings. The van der Waals surface area contributed by atoms with Gasteiger partial charge in [-0.1, -0.05) is 37.8 Å². The van der Waals surface area contributed by atoms with E-state index in [9.17, 15) is 4.79 Å². The van der Waals surface area contributed by atoms with E-state index in [-0.39, 0.29) is 12.1 Å². The van der Waals surface area contributed by atoms with Gasteiger partial charge >= 0.3 is 5.97 Å². The second-order valence-electron chi connectivity index (χ2n) is 5.44. The fourth-order valence-electron chi connectivity index (χ4n) is 2.63. The molecule has 1 aromatic heterocycles. The molecule has 1 saturated carbocycles. The minimum Gasteiger partial charge on any atom is -0.459 e. The molecular formula is C16H22ClNO2. The summed E-state index contributed by atoms with van der Waals surface area (Å²) >= 11 is 5.98. The lowest BCUT2D eigenvalue weighted by molar-refractivity contribution is 0.0267. The van der Waals surface area contributed by atoms with Crippen LogP contribution >= 0.6 is 11.6 Å². The van der Waals surface area contributed by atoms with Crippen molar-refractivity contribution in [2.75, 3.05) is 0 Å². The van der Waals surface area contributed by atoms with Crippen LogP contribution in [-0.2, 0) is 11.2 Å². The Balaban J connectivity index is 2.04. The number of carbonyl (C=O) groups is 1. The monoisotopic (exact) mass is 295 g/mol. The molecule has 1 aliphatic carbocycles. The van der Waals surface area contributed by atoms with Crippen molar-refractivity contribution < 1.29 is 9.53 Å². The Hall–Kier alpha value is -1.09. The maximum atomic E-state index is 12.2. The number of hydrogen-bond acceptors (Lipinski definition) is 3. The van der Waals surface area contributed by atoms with E-state index in [0.717, 1.165) is 44.2 Å². The molecular weight excluding hydrogens is 274 g/mol. The average Bonchev–Trinajstić information content (AvgIpc) is 2.67. The molecule has 0 amide bonds. The van der Waals surface area contributed by atoms with Crippen molar-refractivity contribution in [2.24, 2.45) is 0 Å². The summed E-state index contributed by atoms with van der Waals surface area (Å²) < 4.78 is 5.62. The van der Waals surface area contributed by atoms with Gasteiger partial charge in [-0.2, -0.15) is 0 Å². The molecule has 0 atom stereocenters. The Morgan fingerprint density at radius 1 is 1.30 bits per heavy atom. The summed E-state index contributed by atoms with van der Waals surface area (Å²) in [5, 5.41) is 0.365. The SMILES string of the molecule is CCCc1cc(C(=O)OC2CCCCCC2)cc(Cl)n1. The number of pyridine rings is 1. The molecule has 2 rings (SSSR count). The van der Waals surface area contributed by atoms with Crippen molar-refractivity contribution in [1.29, 1.82) is 0 Å². The fraction of sp³-hybridized carbons (Fsp3) is 0.625. The van der Waals surface area contributed by atoms with Gasteiger partial charge < -0.3 is 4.74 Å². The van der Waals surface area contributed by atoms with E-state index >= 15 is 0 Å². The van der Waals surface area contributed by atoms with Crippen molar-refractivity contribution in [3.8, 4) is 0 Å².